The third kappa shape index (κ3) is 2.57. The number of ether oxygens (including phenoxy) is 1. The monoisotopic (exact) mass is 247 g/mol. The minimum atomic E-state index is -0.647. The van der Waals surface area contributed by atoms with Crippen molar-refractivity contribution in [2.75, 3.05) is 13.2 Å². The van der Waals surface area contributed by atoms with E-state index in [1.807, 2.05) is 0 Å². The van der Waals surface area contributed by atoms with Crippen LogP contribution in [0.25, 0.3) is 11.0 Å². The highest BCUT2D eigenvalue weighted by Crippen LogP contribution is 2.12. The van der Waals surface area contributed by atoms with Crippen molar-refractivity contribution in [2.45, 2.75) is 6.42 Å². The number of esters is 1. The summed E-state index contributed by atoms with van der Waals surface area (Å²) in [4.78, 5) is 23.4. The molecule has 0 fully saturated rings. The van der Waals surface area contributed by atoms with E-state index >= 15 is 0 Å². The minimum absolute atomic E-state index is 0.0873. The van der Waals surface area contributed by atoms with E-state index in [0.717, 1.165) is 6.07 Å². The number of hydrogen-bond acceptors (Lipinski definition) is 5. The van der Waals surface area contributed by atoms with Crippen LogP contribution in [-0.2, 0) is 4.74 Å². The number of carbonyl (C=O) groups excluding carboxylic acids is 1. The van der Waals surface area contributed by atoms with E-state index in [2.05, 4.69) is 0 Å². The molecule has 5 nitrogen and oxygen atoms in total. The maximum Gasteiger partial charge on any atom is 0.374 e. The second-order valence-corrected chi connectivity index (χ2v) is 3.75. The van der Waals surface area contributed by atoms with Gasteiger partial charge < -0.3 is 14.9 Å². The highest BCUT2D eigenvalue weighted by Gasteiger charge is 2.13. The van der Waals surface area contributed by atoms with E-state index in [4.69, 9.17) is 14.9 Å². The molecule has 0 bridgehead atoms. The smallest absolute Gasteiger partial charge is 0.374 e. The van der Waals surface area contributed by atoms with Gasteiger partial charge in [-0.1, -0.05) is 12.1 Å². The molecule has 2 aromatic rings. The maximum absolute atomic E-state index is 11.7. The van der Waals surface area contributed by atoms with Crippen molar-refractivity contribution in [3.8, 4) is 0 Å². The predicted octanol–water partition coefficient (Wildman–Crippen LogP) is 1.30. The molecule has 0 aliphatic carbocycles. The molecule has 1 aromatic heterocycles. The molecule has 1 heterocycles. The first-order valence-electron chi connectivity index (χ1n) is 5.62. The molecule has 0 radical (unpaired) electrons. The van der Waals surface area contributed by atoms with Crippen LogP contribution in [0.1, 0.15) is 17.0 Å². The first-order chi connectivity index (χ1) is 8.72. The second kappa shape index (κ2) is 5.46. The van der Waals surface area contributed by atoms with Crippen molar-refractivity contribution in [2.24, 2.45) is 5.73 Å². The largest absolute Gasteiger partial charge is 0.460 e. The first-order valence-corrected chi connectivity index (χ1v) is 5.62. The lowest BCUT2D eigenvalue weighted by atomic mass is 10.2. The molecule has 94 valence electrons. The van der Waals surface area contributed by atoms with Gasteiger partial charge in [-0.15, -0.1) is 0 Å². The zero-order chi connectivity index (χ0) is 13.0. The second-order valence-electron chi connectivity index (χ2n) is 3.75. The summed E-state index contributed by atoms with van der Waals surface area (Å²) in [6.45, 7) is 0.654. The van der Waals surface area contributed by atoms with Crippen molar-refractivity contribution in [3.05, 3.63) is 46.3 Å². The number of benzene rings is 1. The Kier molecular flexibility index (Phi) is 3.74. The molecule has 2 N–H and O–H groups in total. The number of para-hydroxylation sites is 1. The number of fused-ring (bicyclic) bond motifs is 1. The van der Waals surface area contributed by atoms with Crippen molar-refractivity contribution >= 4 is 16.9 Å². The lowest BCUT2D eigenvalue weighted by Crippen LogP contribution is -2.12. The molecule has 0 amide bonds. The Morgan fingerprint density at radius 3 is 2.89 bits per heavy atom. The van der Waals surface area contributed by atoms with Crippen LogP contribution in [-0.4, -0.2) is 19.1 Å². The molecule has 18 heavy (non-hydrogen) atoms. The van der Waals surface area contributed by atoms with Crippen LogP contribution in [0.3, 0.4) is 0 Å². The van der Waals surface area contributed by atoms with Crippen LogP contribution in [0.2, 0.25) is 0 Å². The molecule has 0 saturated carbocycles. The molecule has 5 heteroatoms. The van der Waals surface area contributed by atoms with Gasteiger partial charge in [0.15, 0.2) is 5.43 Å². The van der Waals surface area contributed by atoms with E-state index in [1.165, 1.54) is 0 Å². The van der Waals surface area contributed by atoms with Gasteiger partial charge in [0.1, 0.15) is 5.58 Å². The first kappa shape index (κ1) is 12.3. The molecular formula is C13H13NO4. The van der Waals surface area contributed by atoms with Crippen LogP contribution < -0.4 is 11.2 Å². The van der Waals surface area contributed by atoms with Crippen LogP contribution in [0.4, 0.5) is 0 Å². The van der Waals surface area contributed by atoms with Gasteiger partial charge in [-0.05, 0) is 25.1 Å². The summed E-state index contributed by atoms with van der Waals surface area (Å²) in [5.74, 6) is -0.734. The Labute approximate surface area is 103 Å². The molecule has 0 aliphatic heterocycles. The Morgan fingerprint density at radius 1 is 1.33 bits per heavy atom. The Morgan fingerprint density at radius 2 is 2.11 bits per heavy atom. The molecule has 0 spiro atoms. The average molecular weight is 247 g/mol. The van der Waals surface area contributed by atoms with Crippen LogP contribution in [0.5, 0.6) is 0 Å². The fourth-order valence-corrected chi connectivity index (χ4v) is 1.52. The van der Waals surface area contributed by atoms with Gasteiger partial charge in [-0.2, -0.15) is 0 Å². The summed E-state index contributed by atoms with van der Waals surface area (Å²) in [5, 5.41) is 0.441. The molecule has 2 rings (SSSR count). The predicted molar refractivity (Wildman–Crippen MR) is 66.4 cm³/mol. The highest BCUT2D eigenvalue weighted by molar-refractivity contribution is 5.88. The summed E-state index contributed by atoms with van der Waals surface area (Å²) in [7, 11) is 0. The summed E-state index contributed by atoms with van der Waals surface area (Å²) >= 11 is 0. The van der Waals surface area contributed by atoms with Gasteiger partial charge in [0, 0.05) is 6.07 Å². The van der Waals surface area contributed by atoms with E-state index in [0.29, 0.717) is 23.9 Å². The van der Waals surface area contributed by atoms with E-state index in [9.17, 15) is 9.59 Å². The Balaban J connectivity index is 2.29. The molecular weight excluding hydrogens is 234 g/mol. The molecule has 0 atom stereocenters. The summed E-state index contributed by atoms with van der Waals surface area (Å²) in [6.07, 6.45) is 0.573. The molecule has 0 unspecified atom stereocenters. The normalized spacial score (nSPS) is 10.5. The van der Waals surface area contributed by atoms with Gasteiger partial charge in [0.05, 0.1) is 12.0 Å². The third-order valence-electron chi connectivity index (χ3n) is 2.42. The Bertz CT molecular complexity index is 618. The highest BCUT2D eigenvalue weighted by atomic mass is 16.5. The topological polar surface area (TPSA) is 82.5 Å². The summed E-state index contributed by atoms with van der Waals surface area (Å²) in [5.41, 5.74) is 5.40. The van der Waals surface area contributed by atoms with Crippen molar-refractivity contribution < 1.29 is 13.9 Å². The summed E-state index contributed by atoms with van der Waals surface area (Å²) in [6, 6.07) is 7.89. The maximum atomic E-state index is 11.7. The molecule has 1 aromatic carbocycles. The van der Waals surface area contributed by atoms with E-state index in [-0.39, 0.29) is 17.8 Å². The van der Waals surface area contributed by atoms with Gasteiger partial charge in [-0.3, -0.25) is 4.79 Å². The average Bonchev–Trinajstić information content (AvgIpc) is 2.39. The zero-order valence-electron chi connectivity index (χ0n) is 9.72. The molecule has 0 saturated heterocycles. The van der Waals surface area contributed by atoms with E-state index < -0.39 is 5.97 Å². The van der Waals surface area contributed by atoms with Crippen molar-refractivity contribution in [3.63, 3.8) is 0 Å². The van der Waals surface area contributed by atoms with Crippen molar-refractivity contribution in [1.82, 2.24) is 0 Å². The van der Waals surface area contributed by atoms with Gasteiger partial charge in [-0.25, -0.2) is 4.79 Å². The third-order valence-corrected chi connectivity index (χ3v) is 2.42. The van der Waals surface area contributed by atoms with Crippen molar-refractivity contribution in [1.29, 1.82) is 0 Å². The summed E-state index contributed by atoms with van der Waals surface area (Å²) < 4.78 is 10.3. The van der Waals surface area contributed by atoms with Gasteiger partial charge in [0.2, 0.25) is 5.76 Å². The lowest BCUT2D eigenvalue weighted by molar-refractivity contribution is 0.0467. The van der Waals surface area contributed by atoms with E-state index in [1.54, 1.807) is 24.3 Å². The quantitative estimate of drug-likeness (QED) is 0.650. The van der Waals surface area contributed by atoms with Crippen LogP contribution in [0, 0.1) is 0 Å². The number of nitrogens with two attached hydrogens (primary N) is 1. The standard InChI is InChI=1S/C13H13NO4/c14-6-3-7-17-13(16)12-8-10(15)9-4-1-2-5-11(9)18-12/h1-2,4-5,8H,3,6-7,14H2. The van der Waals surface area contributed by atoms with Gasteiger partial charge >= 0.3 is 5.97 Å². The van der Waals surface area contributed by atoms with Crippen LogP contribution in [0.15, 0.2) is 39.5 Å². The fraction of sp³-hybridized carbons (Fsp3) is 0.231. The SMILES string of the molecule is NCCCOC(=O)c1cc(=O)c2ccccc2o1. The molecule has 0 aliphatic rings. The van der Waals surface area contributed by atoms with Gasteiger partial charge in [0.25, 0.3) is 0 Å². The number of rotatable bonds is 4. The lowest BCUT2D eigenvalue weighted by Gasteiger charge is -2.03. The zero-order valence-corrected chi connectivity index (χ0v) is 9.72. The van der Waals surface area contributed by atoms with Crippen LogP contribution >= 0.6 is 0 Å². The number of carbonyl (C=O) groups is 1. The fourth-order valence-electron chi connectivity index (χ4n) is 1.52. The minimum Gasteiger partial charge on any atom is -0.460 e. The number of hydrogen-bond donors (Lipinski definition) is 1. The Hall–Kier alpha value is -2.14.